The molecular weight excluding hydrogens is 339 g/mol. The Kier molecular flexibility index (Phi) is 8.90. The SMILES string of the molecule is CC1CCC(C(C)C)C(OP(OC2CC(C)CCC2C(C)C)C(C)C)C1. The van der Waals surface area contributed by atoms with Crippen molar-refractivity contribution >= 4 is 8.38 Å². The summed E-state index contributed by atoms with van der Waals surface area (Å²) in [6.45, 7) is 18.8. The largest absolute Gasteiger partial charge is 0.330 e. The van der Waals surface area contributed by atoms with Gasteiger partial charge in [0, 0.05) is 5.66 Å². The van der Waals surface area contributed by atoms with E-state index in [1.807, 2.05) is 0 Å². The summed E-state index contributed by atoms with van der Waals surface area (Å²) < 4.78 is 13.6. The second kappa shape index (κ2) is 10.2. The van der Waals surface area contributed by atoms with Crippen molar-refractivity contribution in [3.05, 3.63) is 0 Å². The first-order chi connectivity index (χ1) is 12.2. The van der Waals surface area contributed by atoms with E-state index in [0.717, 1.165) is 11.8 Å². The maximum atomic E-state index is 6.81. The summed E-state index contributed by atoms with van der Waals surface area (Å²) in [6.07, 6.45) is 8.58. The molecule has 2 aliphatic carbocycles. The Balaban J connectivity index is 2.06. The molecule has 0 radical (unpaired) electrons. The zero-order chi connectivity index (χ0) is 19.4. The third-order valence-electron chi connectivity index (χ3n) is 6.82. The lowest BCUT2D eigenvalue weighted by atomic mass is 9.75. The highest BCUT2D eigenvalue weighted by Gasteiger charge is 2.38. The molecule has 2 saturated carbocycles. The zero-order valence-corrected chi connectivity index (χ0v) is 19.6. The summed E-state index contributed by atoms with van der Waals surface area (Å²) in [5.74, 6) is 4.38. The number of rotatable bonds is 7. The van der Waals surface area contributed by atoms with Crippen molar-refractivity contribution in [1.29, 1.82) is 0 Å². The second-order valence-electron chi connectivity index (χ2n) is 10.3. The molecule has 2 rings (SSSR count). The molecule has 2 nitrogen and oxygen atoms in total. The van der Waals surface area contributed by atoms with Gasteiger partial charge in [0.25, 0.3) is 0 Å². The van der Waals surface area contributed by atoms with Crippen LogP contribution in [0.4, 0.5) is 0 Å². The third-order valence-corrected chi connectivity index (χ3v) is 8.62. The van der Waals surface area contributed by atoms with Crippen molar-refractivity contribution in [2.24, 2.45) is 35.5 Å². The van der Waals surface area contributed by atoms with Gasteiger partial charge in [-0.1, -0.05) is 68.2 Å². The average Bonchev–Trinajstić information content (AvgIpc) is 2.53. The lowest BCUT2D eigenvalue weighted by molar-refractivity contribution is 0.00900. The average molecular weight is 385 g/mol. The van der Waals surface area contributed by atoms with Gasteiger partial charge in [-0.2, -0.15) is 0 Å². The van der Waals surface area contributed by atoms with Gasteiger partial charge in [-0.05, 0) is 61.2 Å². The van der Waals surface area contributed by atoms with Gasteiger partial charge in [-0.3, -0.25) is 0 Å². The molecule has 0 aromatic rings. The smallest absolute Gasteiger partial charge is 0.173 e. The van der Waals surface area contributed by atoms with Gasteiger partial charge in [-0.25, -0.2) is 0 Å². The van der Waals surface area contributed by atoms with E-state index in [9.17, 15) is 0 Å². The van der Waals surface area contributed by atoms with Gasteiger partial charge in [-0.15, -0.1) is 0 Å². The minimum Gasteiger partial charge on any atom is -0.330 e. The Morgan fingerprint density at radius 1 is 0.654 bits per heavy atom. The molecule has 0 saturated heterocycles. The molecule has 0 amide bonds. The molecule has 2 fully saturated rings. The van der Waals surface area contributed by atoms with E-state index in [0.29, 0.717) is 41.5 Å². The van der Waals surface area contributed by atoms with E-state index in [-0.39, 0.29) is 0 Å². The van der Waals surface area contributed by atoms with E-state index in [1.54, 1.807) is 0 Å². The van der Waals surface area contributed by atoms with Crippen LogP contribution in [0.25, 0.3) is 0 Å². The van der Waals surface area contributed by atoms with E-state index in [2.05, 4.69) is 55.4 Å². The first kappa shape index (κ1) is 22.6. The van der Waals surface area contributed by atoms with Crippen LogP contribution in [0.1, 0.15) is 93.9 Å². The van der Waals surface area contributed by atoms with Crippen molar-refractivity contribution in [2.45, 2.75) is 112 Å². The van der Waals surface area contributed by atoms with E-state index in [1.165, 1.54) is 38.5 Å². The molecule has 0 spiro atoms. The fourth-order valence-electron chi connectivity index (χ4n) is 5.01. The van der Waals surface area contributed by atoms with Crippen molar-refractivity contribution in [1.82, 2.24) is 0 Å². The topological polar surface area (TPSA) is 18.5 Å². The Hall–Kier alpha value is 0.350. The molecule has 0 heterocycles. The highest BCUT2D eigenvalue weighted by atomic mass is 31.2. The third kappa shape index (κ3) is 6.18. The molecule has 0 bridgehead atoms. The maximum Gasteiger partial charge on any atom is 0.173 e. The first-order valence-electron chi connectivity index (χ1n) is 11.3. The minimum atomic E-state index is -0.806. The summed E-state index contributed by atoms with van der Waals surface area (Å²) in [5, 5.41) is 0. The van der Waals surface area contributed by atoms with Crippen molar-refractivity contribution in [3.63, 3.8) is 0 Å². The summed E-state index contributed by atoms with van der Waals surface area (Å²) >= 11 is 0. The molecule has 0 aromatic carbocycles. The van der Waals surface area contributed by atoms with Crippen molar-refractivity contribution < 1.29 is 9.05 Å². The van der Waals surface area contributed by atoms with Crippen LogP contribution in [-0.4, -0.2) is 17.9 Å². The van der Waals surface area contributed by atoms with Crippen molar-refractivity contribution in [2.75, 3.05) is 0 Å². The summed E-state index contributed by atoms with van der Waals surface area (Å²) in [6, 6.07) is 0. The molecule has 0 aliphatic heterocycles. The summed E-state index contributed by atoms with van der Waals surface area (Å²) in [5.41, 5.74) is 0.472. The van der Waals surface area contributed by atoms with Gasteiger partial charge in [0.2, 0.25) is 0 Å². The van der Waals surface area contributed by atoms with Crippen LogP contribution in [0.3, 0.4) is 0 Å². The van der Waals surface area contributed by atoms with Gasteiger partial charge in [0.15, 0.2) is 8.38 Å². The normalized spacial score (nSPS) is 37.5. The van der Waals surface area contributed by atoms with Crippen LogP contribution >= 0.6 is 8.38 Å². The Labute approximate surface area is 165 Å². The Bertz CT molecular complexity index is 375. The molecule has 0 N–H and O–H groups in total. The molecule has 0 aromatic heterocycles. The van der Waals surface area contributed by atoms with Crippen LogP contribution in [0.2, 0.25) is 0 Å². The van der Waals surface area contributed by atoms with Crippen LogP contribution in [0.15, 0.2) is 0 Å². The van der Waals surface area contributed by atoms with Crippen LogP contribution in [0.5, 0.6) is 0 Å². The summed E-state index contributed by atoms with van der Waals surface area (Å²) in [7, 11) is -0.806. The molecule has 154 valence electrons. The summed E-state index contributed by atoms with van der Waals surface area (Å²) in [4.78, 5) is 0. The van der Waals surface area contributed by atoms with Gasteiger partial charge >= 0.3 is 0 Å². The highest BCUT2D eigenvalue weighted by Crippen LogP contribution is 2.52. The lowest BCUT2D eigenvalue weighted by Gasteiger charge is -2.42. The molecule has 3 heteroatoms. The maximum absolute atomic E-state index is 6.81. The predicted octanol–water partition coefficient (Wildman–Crippen LogP) is 7.66. The predicted molar refractivity (Wildman–Crippen MR) is 114 cm³/mol. The van der Waals surface area contributed by atoms with Crippen LogP contribution in [0, 0.1) is 35.5 Å². The zero-order valence-electron chi connectivity index (χ0n) is 18.7. The Morgan fingerprint density at radius 3 is 1.35 bits per heavy atom. The van der Waals surface area contributed by atoms with Gasteiger partial charge in [0.1, 0.15) is 0 Å². The van der Waals surface area contributed by atoms with E-state index < -0.39 is 8.38 Å². The fraction of sp³-hybridized carbons (Fsp3) is 1.00. The quantitative estimate of drug-likeness (QED) is 0.419. The number of hydrogen-bond donors (Lipinski definition) is 0. The monoisotopic (exact) mass is 384 g/mol. The van der Waals surface area contributed by atoms with Gasteiger partial charge < -0.3 is 9.05 Å². The highest BCUT2D eigenvalue weighted by molar-refractivity contribution is 7.48. The van der Waals surface area contributed by atoms with E-state index in [4.69, 9.17) is 9.05 Å². The Morgan fingerprint density at radius 2 is 1.04 bits per heavy atom. The lowest BCUT2D eigenvalue weighted by Crippen LogP contribution is -2.36. The molecule has 6 atom stereocenters. The minimum absolute atomic E-state index is 0.394. The van der Waals surface area contributed by atoms with Crippen molar-refractivity contribution in [3.8, 4) is 0 Å². The number of hydrogen-bond acceptors (Lipinski definition) is 2. The fourth-order valence-corrected chi connectivity index (χ4v) is 6.56. The first-order valence-corrected chi connectivity index (χ1v) is 12.6. The van der Waals surface area contributed by atoms with Gasteiger partial charge in [0.05, 0.1) is 12.2 Å². The molecule has 6 unspecified atom stereocenters. The standard InChI is InChI=1S/C23H45O2P/c1-15(2)20-11-9-18(7)13-22(20)24-26(17(5)6)25-23-14-19(8)10-12-21(23)16(3)4/h15-23H,9-14H2,1-8H3. The van der Waals surface area contributed by atoms with Crippen LogP contribution in [-0.2, 0) is 9.05 Å². The van der Waals surface area contributed by atoms with E-state index >= 15 is 0 Å². The molecule has 26 heavy (non-hydrogen) atoms. The van der Waals surface area contributed by atoms with Crippen LogP contribution < -0.4 is 0 Å². The molecule has 2 aliphatic rings. The molecular formula is C23H45O2P. The second-order valence-corrected chi connectivity index (χ2v) is 12.3.